The molecule has 0 amide bonds. The molecule has 0 N–H and O–H groups in total. The largest absolute Gasteiger partial charge is 0.224 e. The van der Waals surface area contributed by atoms with E-state index < -0.39 is 9.84 Å². The second-order valence-electron chi connectivity index (χ2n) is 2.14. The first kappa shape index (κ1) is 8.56. The highest BCUT2D eigenvalue weighted by Crippen LogP contribution is 2.13. The van der Waals surface area contributed by atoms with Crippen molar-refractivity contribution in [1.82, 2.24) is 0 Å². The van der Waals surface area contributed by atoms with E-state index in [1.165, 1.54) is 12.1 Å². The summed E-state index contributed by atoms with van der Waals surface area (Å²) < 4.78 is 21.8. The van der Waals surface area contributed by atoms with Crippen LogP contribution in [0.3, 0.4) is 0 Å². The fourth-order valence-electron chi connectivity index (χ4n) is 0.633. The van der Waals surface area contributed by atoms with Crippen LogP contribution in [-0.2, 0) is 9.84 Å². The Morgan fingerprint density at radius 3 is 2.55 bits per heavy atom. The number of rotatable bonds is 1. The van der Waals surface area contributed by atoms with Crippen LogP contribution in [0.5, 0.6) is 0 Å². The van der Waals surface area contributed by atoms with Gasteiger partial charge in [-0.25, -0.2) is 8.42 Å². The predicted octanol–water partition coefficient (Wildman–Crippen LogP) is 1.54. The maximum absolute atomic E-state index is 10.9. The van der Waals surface area contributed by atoms with Crippen molar-refractivity contribution in [2.24, 2.45) is 0 Å². The summed E-state index contributed by atoms with van der Waals surface area (Å²) >= 11 is 5.57. The molecule has 0 bridgehead atoms. The van der Waals surface area contributed by atoms with E-state index in [9.17, 15) is 8.42 Å². The zero-order chi connectivity index (χ0) is 8.48. The Labute approximate surface area is 70.7 Å². The van der Waals surface area contributed by atoms with Crippen molar-refractivity contribution >= 4 is 21.4 Å². The molecule has 59 valence electrons. The van der Waals surface area contributed by atoms with Gasteiger partial charge in [-0.2, -0.15) is 0 Å². The molecule has 0 fully saturated rings. The van der Waals surface area contributed by atoms with E-state index in [0.717, 1.165) is 6.26 Å². The molecule has 1 rings (SSSR count). The van der Waals surface area contributed by atoms with Gasteiger partial charge in [-0.15, -0.1) is 0 Å². The average molecular weight is 190 g/mol. The SMILES string of the molecule is CS(=O)(=O)c1[c]ccc(Cl)c1. The van der Waals surface area contributed by atoms with Gasteiger partial charge >= 0.3 is 0 Å². The number of hydrogen-bond donors (Lipinski definition) is 0. The van der Waals surface area contributed by atoms with Crippen molar-refractivity contribution in [2.45, 2.75) is 4.90 Å². The Morgan fingerprint density at radius 1 is 1.55 bits per heavy atom. The molecule has 4 heteroatoms. The highest BCUT2D eigenvalue weighted by Gasteiger charge is 2.06. The molecule has 0 unspecified atom stereocenters. The van der Waals surface area contributed by atoms with Crippen LogP contribution >= 0.6 is 11.6 Å². The molecule has 0 aliphatic carbocycles. The van der Waals surface area contributed by atoms with Crippen molar-refractivity contribution in [3.05, 3.63) is 29.3 Å². The quantitative estimate of drug-likeness (QED) is 0.672. The molecule has 11 heavy (non-hydrogen) atoms. The molecule has 0 saturated carbocycles. The summed E-state index contributed by atoms with van der Waals surface area (Å²) in [5.41, 5.74) is 0. The topological polar surface area (TPSA) is 34.1 Å². The van der Waals surface area contributed by atoms with E-state index in [0.29, 0.717) is 5.02 Å². The van der Waals surface area contributed by atoms with Crippen LogP contribution in [0.4, 0.5) is 0 Å². The van der Waals surface area contributed by atoms with Crippen LogP contribution in [0.25, 0.3) is 0 Å². The third kappa shape index (κ3) is 2.20. The molecular weight excluding hydrogens is 184 g/mol. The predicted molar refractivity (Wildman–Crippen MR) is 43.4 cm³/mol. The van der Waals surface area contributed by atoms with Gasteiger partial charge < -0.3 is 0 Å². The van der Waals surface area contributed by atoms with E-state index in [2.05, 4.69) is 6.07 Å². The average Bonchev–Trinajstić information content (AvgIpc) is 1.86. The molecule has 1 aromatic carbocycles. The van der Waals surface area contributed by atoms with Gasteiger partial charge in [0.15, 0.2) is 9.84 Å². The maximum Gasteiger partial charge on any atom is 0.176 e. The molecule has 0 atom stereocenters. The minimum Gasteiger partial charge on any atom is -0.224 e. The number of sulfone groups is 1. The molecule has 1 aromatic rings. The van der Waals surface area contributed by atoms with E-state index in [1.54, 1.807) is 6.07 Å². The van der Waals surface area contributed by atoms with Crippen molar-refractivity contribution < 1.29 is 8.42 Å². The molecule has 1 radical (unpaired) electrons. The van der Waals surface area contributed by atoms with Gasteiger partial charge in [0, 0.05) is 17.3 Å². The van der Waals surface area contributed by atoms with E-state index in [4.69, 9.17) is 11.6 Å². The Hall–Kier alpha value is -0.540. The summed E-state index contributed by atoms with van der Waals surface area (Å²) in [4.78, 5) is 0.130. The monoisotopic (exact) mass is 189 g/mol. The maximum atomic E-state index is 10.9. The lowest BCUT2D eigenvalue weighted by Gasteiger charge is -1.95. The Morgan fingerprint density at radius 2 is 2.18 bits per heavy atom. The molecule has 2 nitrogen and oxygen atoms in total. The number of halogens is 1. The lowest BCUT2D eigenvalue weighted by molar-refractivity contribution is 0.601. The Bertz CT molecular complexity index is 356. The molecule has 0 aliphatic heterocycles. The van der Waals surface area contributed by atoms with Crippen LogP contribution in [0, 0.1) is 6.07 Å². The van der Waals surface area contributed by atoms with E-state index >= 15 is 0 Å². The van der Waals surface area contributed by atoms with Crippen molar-refractivity contribution in [3.63, 3.8) is 0 Å². The van der Waals surface area contributed by atoms with Crippen molar-refractivity contribution in [2.75, 3.05) is 6.26 Å². The highest BCUT2D eigenvalue weighted by molar-refractivity contribution is 7.90. The summed E-state index contributed by atoms with van der Waals surface area (Å²) in [5, 5.41) is 0.407. The first-order valence-electron chi connectivity index (χ1n) is 2.87. The highest BCUT2D eigenvalue weighted by atomic mass is 35.5. The van der Waals surface area contributed by atoms with Crippen molar-refractivity contribution in [1.29, 1.82) is 0 Å². The molecular formula is C7H6ClO2S. The lowest BCUT2D eigenvalue weighted by Crippen LogP contribution is -1.96. The summed E-state index contributed by atoms with van der Waals surface area (Å²) in [5.74, 6) is 0. The Balaban J connectivity index is 3.28. The zero-order valence-electron chi connectivity index (χ0n) is 5.83. The van der Waals surface area contributed by atoms with Crippen LogP contribution in [0.15, 0.2) is 23.1 Å². The van der Waals surface area contributed by atoms with Gasteiger partial charge in [0.2, 0.25) is 0 Å². The van der Waals surface area contributed by atoms with E-state index in [1.807, 2.05) is 0 Å². The molecule has 0 saturated heterocycles. The third-order valence-electron chi connectivity index (χ3n) is 1.14. The minimum atomic E-state index is -3.17. The fraction of sp³-hybridized carbons (Fsp3) is 0.143. The first-order chi connectivity index (χ1) is 5.00. The van der Waals surface area contributed by atoms with Gasteiger partial charge in [-0.3, -0.25) is 0 Å². The summed E-state index contributed by atoms with van der Waals surface area (Å²) in [6, 6.07) is 7.01. The number of hydrogen-bond acceptors (Lipinski definition) is 2. The standard InChI is InChI=1S/C7H6ClO2S/c1-11(9,10)7-4-2-3-6(8)5-7/h2-3,5H,1H3. The van der Waals surface area contributed by atoms with Crippen molar-refractivity contribution in [3.8, 4) is 0 Å². The van der Waals surface area contributed by atoms with Gasteiger partial charge in [0.05, 0.1) is 4.90 Å². The van der Waals surface area contributed by atoms with Crippen LogP contribution < -0.4 is 0 Å². The van der Waals surface area contributed by atoms with Crippen LogP contribution in [0.2, 0.25) is 5.02 Å². The summed E-state index contributed by atoms with van der Waals surface area (Å²) in [6.07, 6.45) is 1.12. The minimum absolute atomic E-state index is 0.130. The second-order valence-corrected chi connectivity index (χ2v) is 4.56. The summed E-state index contributed by atoms with van der Waals surface area (Å²) in [7, 11) is -3.17. The van der Waals surface area contributed by atoms with Crippen LogP contribution in [-0.4, -0.2) is 14.7 Å². The normalized spacial score (nSPS) is 11.5. The fourth-order valence-corrected chi connectivity index (χ4v) is 1.49. The lowest BCUT2D eigenvalue weighted by atomic mass is 10.4. The molecule has 0 aromatic heterocycles. The number of benzene rings is 1. The molecule has 0 heterocycles. The van der Waals surface area contributed by atoms with Crippen LogP contribution in [0.1, 0.15) is 0 Å². The molecule has 0 aliphatic rings. The van der Waals surface area contributed by atoms with Gasteiger partial charge in [-0.05, 0) is 12.1 Å². The first-order valence-corrected chi connectivity index (χ1v) is 5.14. The van der Waals surface area contributed by atoms with Gasteiger partial charge in [0.25, 0.3) is 0 Å². The van der Waals surface area contributed by atoms with Gasteiger partial charge in [-0.1, -0.05) is 17.7 Å². The second kappa shape index (κ2) is 2.83. The molecule has 0 spiro atoms. The summed E-state index contributed by atoms with van der Waals surface area (Å²) in [6.45, 7) is 0. The smallest absolute Gasteiger partial charge is 0.176 e. The van der Waals surface area contributed by atoms with Gasteiger partial charge in [0.1, 0.15) is 0 Å². The van der Waals surface area contributed by atoms with E-state index in [-0.39, 0.29) is 4.90 Å². The zero-order valence-corrected chi connectivity index (χ0v) is 7.41. The third-order valence-corrected chi connectivity index (χ3v) is 2.41. The Kier molecular flexibility index (Phi) is 2.20.